The fraction of sp³-hybridized carbons (Fsp3) is 0.478. The number of carbonyl (C=O) groups excluding carboxylic acids is 2. The Balaban J connectivity index is 1.47. The molecule has 2 fully saturated rings. The van der Waals surface area contributed by atoms with Gasteiger partial charge in [-0.15, -0.1) is 0 Å². The second-order valence-electron chi connectivity index (χ2n) is 8.80. The maximum Gasteiger partial charge on any atom is 0.433 e. The van der Waals surface area contributed by atoms with Crippen LogP contribution < -0.4 is 4.90 Å². The van der Waals surface area contributed by atoms with Gasteiger partial charge in [-0.05, 0) is 54.5 Å². The number of hydrogen-bond acceptors (Lipinski definition) is 4. The molecule has 0 bridgehead atoms. The summed E-state index contributed by atoms with van der Waals surface area (Å²) in [5.74, 6) is 0.496. The molecule has 1 aliphatic carbocycles. The van der Waals surface area contributed by atoms with E-state index in [9.17, 15) is 22.8 Å². The smallest absolute Gasteiger partial charge is 0.312 e. The van der Waals surface area contributed by atoms with Crippen molar-refractivity contribution in [1.82, 2.24) is 14.9 Å². The lowest BCUT2D eigenvalue weighted by molar-refractivity contribution is -0.141. The highest BCUT2D eigenvalue weighted by Gasteiger charge is 2.41. The van der Waals surface area contributed by atoms with Crippen molar-refractivity contribution in [2.75, 3.05) is 18.0 Å². The normalized spacial score (nSPS) is 19.2. The summed E-state index contributed by atoms with van der Waals surface area (Å²) in [5.41, 5.74) is 1.15. The second-order valence-corrected chi connectivity index (χ2v) is 8.80. The van der Waals surface area contributed by atoms with Crippen LogP contribution in [-0.2, 0) is 17.4 Å². The van der Waals surface area contributed by atoms with E-state index >= 15 is 0 Å². The Bertz CT molecular complexity index is 1000. The number of anilines is 1. The third-order valence-electron chi connectivity index (χ3n) is 5.98. The fourth-order valence-electron chi connectivity index (χ4n) is 4.06. The van der Waals surface area contributed by atoms with E-state index in [1.54, 1.807) is 6.20 Å². The molecule has 4 rings (SSSR count). The summed E-state index contributed by atoms with van der Waals surface area (Å²) < 4.78 is 38.4. The summed E-state index contributed by atoms with van der Waals surface area (Å²) in [6, 6.07) is 5.39. The second kappa shape index (κ2) is 8.52. The predicted molar refractivity (Wildman–Crippen MR) is 112 cm³/mol. The number of nitrogens with zero attached hydrogens (tertiary/aromatic N) is 4. The first-order valence-corrected chi connectivity index (χ1v) is 10.7. The Kier molecular flexibility index (Phi) is 5.92. The molecule has 0 unspecified atom stereocenters. The van der Waals surface area contributed by atoms with E-state index in [1.807, 2.05) is 26.0 Å². The maximum atomic E-state index is 13.1. The van der Waals surface area contributed by atoms with Crippen molar-refractivity contribution >= 4 is 17.5 Å². The van der Waals surface area contributed by atoms with Crippen molar-refractivity contribution in [3.8, 4) is 0 Å². The van der Waals surface area contributed by atoms with Crippen LogP contribution in [-0.4, -0.2) is 45.8 Å². The van der Waals surface area contributed by atoms with Crippen molar-refractivity contribution in [3.63, 3.8) is 0 Å². The molecule has 170 valence electrons. The monoisotopic (exact) mass is 446 g/mol. The Morgan fingerprint density at radius 2 is 1.94 bits per heavy atom. The van der Waals surface area contributed by atoms with E-state index in [2.05, 4.69) is 9.97 Å². The van der Waals surface area contributed by atoms with E-state index in [0.29, 0.717) is 11.6 Å². The van der Waals surface area contributed by atoms with Gasteiger partial charge in [0.05, 0.1) is 30.9 Å². The Labute approximate surface area is 184 Å². The van der Waals surface area contributed by atoms with Gasteiger partial charge in [0.1, 0.15) is 5.69 Å². The molecule has 3 heterocycles. The Hall–Kier alpha value is -2.97. The van der Waals surface area contributed by atoms with Crippen molar-refractivity contribution in [3.05, 3.63) is 53.6 Å². The lowest BCUT2D eigenvalue weighted by Crippen LogP contribution is -2.41. The van der Waals surface area contributed by atoms with E-state index in [-0.39, 0.29) is 42.9 Å². The van der Waals surface area contributed by atoms with Crippen molar-refractivity contribution < 1.29 is 22.8 Å². The number of alkyl halides is 3. The predicted octanol–water partition coefficient (Wildman–Crippen LogP) is 4.45. The van der Waals surface area contributed by atoms with Gasteiger partial charge < -0.3 is 4.90 Å². The average molecular weight is 446 g/mol. The molecule has 2 amide bonds. The van der Waals surface area contributed by atoms with Crippen LogP contribution in [0.5, 0.6) is 0 Å². The van der Waals surface area contributed by atoms with Crippen LogP contribution in [0.25, 0.3) is 0 Å². The number of ketones is 1. The molecule has 2 aromatic rings. The van der Waals surface area contributed by atoms with Gasteiger partial charge in [-0.1, -0.05) is 13.8 Å². The van der Waals surface area contributed by atoms with Crippen LogP contribution in [0.1, 0.15) is 49.6 Å². The highest BCUT2D eigenvalue weighted by atomic mass is 19.4. The summed E-state index contributed by atoms with van der Waals surface area (Å²) in [5, 5.41) is 0. The van der Waals surface area contributed by atoms with Gasteiger partial charge in [-0.3, -0.25) is 14.7 Å². The summed E-state index contributed by atoms with van der Waals surface area (Å²) >= 11 is 0. The number of pyridine rings is 2. The fourth-order valence-corrected chi connectivity index (χ4v) is 4.06. The van der Waals surface area contributed by atoms with Crippen LogP contribution in [0.15, 0.2) is 36.7 Å². The molecule has 2 aromatic heterocycles. The zero-order valence-corrected chi connectivity index (χ0v) is 18.0. The number of halogens is 3. The van der Waals surface area contributed by atoms with Gasteiger partial charge in [0.2, 0.25) is 0 Å². The van der Waals surface area contributed by atoms with Crippen LogP contribution in [0.4, 0.5) is 23.7 Å². The lowest BCUT2D eigenvalue weighted by Gasteiger charge is -2.25. The highest BCUT2D eigenvalue weighted by Crippen LogP contribution is 2.40. The van der Waals surface area contributed by atoms with Crippen LogP contribution in [0.3, 0.4) is 0 Å². The molecule has 1 atom stereocenters. The number of rotatable bonds is 7. The van der Waals surface area contributed by atoms with E-state index < -0.39 is 17.9 Å². The molecule has 2 aliphatic rings. The lowest BCUT2D eigenvalue weighted by atomic mass is 10.0. The highest BCUT2D eigenvalue weighted by molar-refractivity contribution is 5.97. The summed E-state index contributed by atoms with van der Waals surface area (Å²) in [6.07, 6.45) is 0.674. The number of Topliss-reactive ketones (excluding diaryl/α,β-unsaturated/α-hetero) is 1. The van der Waals surface area contributed by atoms with E-state index in [1.165, 1.54) is 21.4 Å². The third-order valence-corrected chi connectivity index (χ3v) is 5.98. The van der Waals surface area contributed by atoms with Gasteiger partial charge in [0, 0.05) is 18.4 Å². The molecule has 0 aromatic carbocycles. The molecular weight excluding hydrogens is 421 g/mol. The zero-order valence-electron chi connectivity index (χ0n) is 18.0. The molecule has 0 N–H and O–H groups in total. The van der Waals surface area contributed by atoms with Crippen molar-refractivity contribution in [2.24, 2.45) is 5.92 Å². The van der Waals surface area contributed by atoms with E-state index in [4.69, 9.17) is 0 Å². The first kappa shape index (κ1) is 22.2. The third kappa shape index (κ3) is 4.76. The topological polar surface area (TPSA) is 66.4 Å². The Morgan fingerprint density at radius 3 is 2.53 bits per heavy atom. The van der Waals surface area contributed by atoms with Gasteiger partial charge in [0.15, 0.2) is 5.78 Å². The molecule has 9 heteroatoms. The summed E-state index contributed by atoms with van der Waals surface area (Å²) in [6.45, 7) is 4.11. The first-order valence-electron chi connectivity index (χ1n) is 10.7. The molecule has 1 saturated carbocycles. The van der Waals surface area contributed by atoms with Gasteiger partial charge in [-0.2, -0.15) is 13.2 Å². The minimum Gasteiger partial charge on any atom is -0.312 e. The standard InChI is InChI=1S/C23H25F3N4O2/c1-14(2)20-13-29(18-5-6-21(28-11-18)23(24,25)26)22(32)30(20)12-19(31)10-17-9-16(7-8-27-17)15-3-4-15/h5-9,11,14-15,20H,3-4,10,12-13H2,1-2H3/t20-/m1/s1. The number of urea groups is 1. The first-order chi connectivity index (χ1) is 15.1. The summed E-state index contributed by atoms with van der Waals surface area (Å²) in [4.78, 5) is 36.5. The van der Waals surface area contributed by atoms with Gasteiger partial charge in [-0.25, -0.2) is 9.78 Å². The van der Waals surface area contributed by atoms with E-state index in [0.717, 1.165) is 25.1 Å². The van der Waals surface area contributed by atoms with Gasteiger partial charge in [0.25, 0.3) is 0 Å². The SMILES string of the molecule is CC(C)[C@H]1CN(c2ccc(C(F)(F)F)nc2)C(=O)N1CC(=O)Cc1cc(C2CC2)ccn1. The van der Waals surface area contributed by atoms with Crippen LogP contribution in [0, 0.1) is 5.92 Å². The van der Waals surface area contributed by atoms with Crippen molar-refractivity contribution in [2.45, 2.75) is 51.2 Å². The minimum absolute atomic E-state index is 0.0653. The molecule has 0 radical (unpaired) electrons. The maximum absolute atomic E-state index is 13.1. The molecule has 0 spiro atoms. The van der Waals surface area contributed by atoms with Gasteiger partial charge >= 0.3 is 12.2 Å². The largest absolute Gasteiger partial charge is 0.433 e. The Morgan fingerprint density at radius 1 is 1.19 bits per heavy atom. The molecule has 1 saturated heterocycles. The van der Waals surface area contributed by atoms with Crippen molar-refractivity contribution in [1.29, 1.82) is 0 Å². The summed E-state index contributed by atoms with van der Waals surface area (Å²) in [7, 11) is 0. The molecule has 1 aliphatic heterocycles. The molecule has 6 nitrogen and oxygen atoms in total. The number of hydrogen-bond donors (Lipinski definition) is 0. The number of aromatic nitrogens is 2. The molecular formula is C23H25F3N4O2. The molecule has 32 heavy (non-hydrogen) atoms. The van der Waals surface area contributed by atoms with Crippen LogP contribution >= 0.6 is 0 Å². The van der Waals surface area contributed by atoms with Crippen LogP contribution in [0.2, 0.25) is 0 Å². The minimum atomic E-state index is -4.54. The number of amides is 2. The number of carbonyl (C=O) groups is 2. The quantitative estimate of drug-likeness (QED) is 0.630. The zero-order chi connectivity index (χ0) is 23.0. The average Bonchev–Trinajstić information content (AvgIpc) is 3.53.